The van der Waals surface area contributed by atoms with Gasteiger partial charge in [-0.2, -0.15) is 0 Å². The van der Waals surface area contributed by atoms with Crippen LogP contribution in [0.1, 0.15) is 20.7 Å². The van der Waals surface area contributed by atoms with E-state index in [4.69, 9.17) is 0 Å². The largest absolute Gasteiger partial charge is 0.375 e. The SMILES string of the molecule is CN(C)c1ccc(NC(=O)c2ccc(-c3ccc(C(=O)Nc4ccc(N(C)C)c(F)c4)cc3)cc2)cc1F. The maximum atomic E-state index is 14.2. The molecule has 0 saturated heterocycles. The van der Waals surface area contributed by atoms with Gasteiger partial charge in [-0.15, -0.1) is 0 Å². The van der Waals surface area contributed by atoms with Crippen LogP contribution in [-0.2, 0) is 0 Å². The Morgan fingerprint density at radius 3 is 1.18 bits per heavy atom. The lowest BCUT2D eigenvalue weighted by molar-refractivity contribution is 0.101. The monoisotopic (exact) mass is 514 g/mol. The van der Waals surface area contributed by atoms with Crippen molar-refractivity contribution in [3.63, 3.8) is 0 Å². The Bertz CT molecular complexity index is 1350. The van der Waals surface area contributed by atoms with Gasteiger partial charge >= 0.3 is 0 Å². The molecular weight excluding hydrogens is 486 g/mol. The Kier molecular flexibility index (Phi) is 7.71. The first-order valence-corrected chi connectivity index (χ1v) is 11.9. The topological polar surface area (TPSA) is 64.7 Å². The molecule has 2 amide bonds. The van der Waals surface area contributed by atoms with E-state index in [-0.39, 0.29) is 11.8 Å². The summed E-state index contributed by atoms with van der Waals surface area (Å²) in [7, 11) is 6.98. The van der Waals surface area contributed by atoms with Gasteiger partial charge in [0.25, 0.3) is 11.8 Å². The van der Waals surface area contributed by atoms with Crippen LogP contribution in [0.25, 0.3) is 11.1 Å². The van der Waals surface area contributed by atoms with Crippen LogP contribution in [0, 0.1) is 11.6 Å². The maximum Gasteiger partial charge on any atom is 0.255 e. The van der Waals surface area contributed by atoms with E-state index < -0.39 is 11.6 Å². The standard InChI is InChI=1S/C30H28F2N4O2/c1-35(2)27-15-13-23(17-25(27)31)33-29(37)21-9-5-19(6-10-21)20-7-11-22(12-8-20)30(38)34-24-14-16-28(36(3)4)26(32)18-24/h5-18H,1-4H3,(H,33,37)(H,34,38). The summed E-state index contributed by atoms with van der Waals surface area (Å²) in [4.78, 5) is 28.6. The molecule has 0 bridgehead atoms. The highest BCUT2D eigenvalue weighted by Crippen LogP contribution is 2.25. The fourth-order valence-electron chi connectivity index (χ4n) is 3.93. The van der Waals surface area contributed by atoms with Gasteiger partial charge in [-0.1, -0.05) is 24.3 Å². The molecule has 0 aliphatic rings. The molecule has 8 heteroatoms. The molecule has 0 saturated carbocycles. The van der Waals surface area contributed by atoms with Crippen LogP contribution < -0.4 is 20.4 Å². The van der Waals surface area contributed by atoms with Gasteiger partial charge in [0.2, 0.25) is 0 Å². The maximum absolute atomic E-state index is 14.2. The number of hydrogen-bond acceptors (Lipinski definition) is 4. The van der Waals surface area contributed by atoms with Crippen LogP contribution in [-0.4, -0.2) is 40.0 Å². The number of carbonyl (C=O) groups excluding carboxylic acids is 2. The van der Waals surface area contributed by atoms with Crippen LogP contribution in [0.4, 0.5) is 31.5 Å². The molecule has 0 fully saturated rings. The Morgan fingerprint density at radius 1 is 0.553 bits per heavy atom. The number of carbonyl (C=O) groups is 2. The van der Waals surface area contributed by atoms with Crippen molar-refractivity contribution in [1.82, 2.24) is 0 Å². The van der Waals surface area contributed by atoms with Gasteiger partial charge in [-0.3, -0.25) is 9.59 Å². The molecule has 0 heterocycles. The van der Waals surface area contributed by atoms with Gasteiger partial charge in [-0.25, -0.2) is 8.78 Å². The molecular formula is C30H28F2N4O2. The van der Waals surface area contributed by atoms with Crippen molar-refractivity contribution in [2.75, 3.05) is 48.6 Å². The van der Waals surface area contributed by atoms with Gasteiger partial charge in [0, 0.05) is 50.7 Å². The zero-order valence-corrected chi connectivity index (χ0v) is 21.5. The Hall–Kier alpha value is -4.72. The van der Waals surface area contributed by atoms with Crippen molar-refractivity contribution < 1.29 is 18.4 Å². The molecule has 0 aromatic heterocycles. The van der Waals surface area contributed by atoms with Crippen LogP contribution in [0.3, 0.4) is 0 Å². The van der Waals surface area contributed by atoms with Crippen molar-refractivity contribution in [2.24, 2.45) is 0 Å². The zero-order chi connectivity index (χ0) is 27.4. The van der Waals surface area contributed by atoms with E-state index in [0.29, 0.717) is 33.9 Å². The second-order valence-corrected chi connectivity index (χ2v) is 9.18. The number of nitrogens with one attached hydrogen (secondary N) is 2. The molecule has 0 unspecified atom stereocenters. The van der Waals surface area contributed by atoms with Gasteiger partial charge < -0.3 is 20.4 Å². The van der Waals surface area contributed by atoms with Crippen LogP contribution >= 0.6 is 0 Å². The third-order valence-electron chi connectivity index (χ3n) is 6.00. The summed E-state index contributed by atoms with van der Waals surface area (Å²) in [6.45, 7) is 0. The summed E-state index contributed by atoms with van der Waals surface area (Å²) >= 11 is 0. The summed E-state index contributed by atoms with van der Waals surface area (Å²) in [5.41, 5.74) is 4.17. The van der Waals surface area contributed by atoms with Gasteiger partial charge in [0.05, 0.1) is 11.4 Å². The number of hydrogen-bond donors (Lipinski definition) is 2. The number of anilines is 4. The minimum Gasteiger partial charge on any atom is -0.375 e. The molecule has 0 radical (unpaired) electrons. The van der Waals surface area contributed by atoms with Gasteiger partial charge in [0.15, 0.2) is 0 Å². The van der Waals surface area contributed by atoms with Crippen molar-refractivity contribution in [3.05, 3.63) is 108 Å². The number of amides is 2. The smallest absolute Gasteiger partial charge is 0.255 e. The summed E-state index contributed by atoms with van der Waals surface area (Å²) < 4.78 is 28.4. The molecule has 4 rings (SSSR count). The quantitative estimate of drug-likeness (QED) is 0.305. The lowest BCUT2D eigenvalue weighted by Gasteiger charge is -2.14. The zero-order valence-electron chi connectivity index (χ0n) is 21.5. The Balaban J connectivity index is 1.40. The molecule has 6 nitrogen and oxygen atoms in total. The first-order valence-electron chi connectivity index (χ1n) is 11.9. The van der Waals surface area contributed by atoms with Crippen molar-refractivity contribution in [3.8, 4) is 11.1 Å². The van der Waals surface area contributed by atoms with E-state index in [1.165, 1.54) is 12.1 Å². The molecule has 2 N–H and O–H groups in total. The fourth-order valence-corrected chi connectivity index (χ4v) is 3.93. The predicted molar refractivity (Wildman–Crippen MR) is 149 cm³/mol. The van der Waals surface area contributed by atoms with Crippen LogP contribution in [0.15, 0.2) is 84.9 Å². The first kappa shape index (κ1) is 26.3. The third kappa shape index (κ3) is 5.98. The fraction of sp³-hybridized carbons (Fsp3) is 0.133. The predicted octanol–water partition coefficient (Wildman–Crippen LogP) is 6.27. The van der Waals surface area contributed by atoms with E-state index in [1.54, 1.807) is 111 Å². The summed E-state index contributed by atoms with van der Waals surface area (Å²) in [5, 5.41) is 5.42. The average Bonchev–Trinajstić information content (AvgIpc) is 2.88. The first-order chi connectivity index (χ1) is 18.1. The van der Waals surface area contributed by atoms with Crippen molar-refractivity contribution >= 4 is 34.6 Å². The lowest BCUT2D eigenvalue weighted by Crippen LogP contribution is -2.14. The molecule has 0 spiro atoms. The number of nitrogens with zero attached hydrogens (tertiary/aromatic N) is 2. The van der Waals surface area contributed by atoms with Crippen molar-refractivity contribution in [1.29, 1.82) is 0 Å². The number of rotatable bonds is 7. The van der Waals surface area contributed by atoms with Crippen molar-refractivity contribution in [2.45, 2.75) is 0 Å². The van der Waals surface area contributed by atoms with E-state index >= 15 is 0 Å². The normalized spacial score (nSPS) is 10.6. The Morgan fingerprint density at radius 2 is 0.895 bits per heavy atom. The highest BCUT2D eigenvalue weighted by atomic mass is 19.1. The summed E-state index contributed by atoms with van der Waals surface area (Å²) in [5.74, 6) is -1.55. The molecule has 0 atom stereocenters. The highest BCUT2D eigenvalue weighted by Gasteiger charge is 2.12. The highest BCUT2D eigenvalue weighted by molar-refractivity contribution is 6.05. The van der Waals surface area contributed by atoms with E-state index in [0.717, 1.165) is 11.1 Å². The number of benzene rings is 4. The van der Waals surface area contributed by atoms with Crippen LogP contribution in [0.2, 0.25) is 0 Å². The summed E-state index contributed by atoms with van der Waals surface area (Å²) in [6, 6.07) is 23.0. The minimum atomic E-state index is -0.422. The molecule has 4 aromatic rings. The average molecular weight is 515 g/mol. The third-order valence-corrected chi connectivity index (χ3v) is 6.00. The van der Waals surface area contributed by atoms with E-state index in [9.17, 15) is 18.4 Å². The van der Waals surface area contributed by atoms with Gasteiger partial charge in [-0.05, 0) is 71.8 Å². The van der Waals surface area contributed by atoms with E-state index in [1.807, 2.05) is 0 Å². The van der Waals surface area contributed by atoms with E-state index in [2.05, 4.69) is 10.6 Å². The Labute approximate surface area is 220 Å². The molecule has 194 valence electrons. The lowest BCUT2D eigenvalue weighted by atomic mass is 10.0. The molecule has 0 aliphatic carbocycles. The van der Waals surface area contributed by atoms with Gasteiger partial charge in [0.1, 0.15) is 11.6 Å². The molecule has 38 heavy (non-hydrogen) atoms. The molecule has 4 aromatic carbocycles. The number of halogens is 2. The summed E-state index contributed by atoms with van der Waals surface area (Å²) in [6.07, 6.45) is 0. The minimum absolute atomic E-state index is 0.351. The second-order valence-electron chi connectivity index (χ2n) is 9.18. The van der Waals surface area contributed by atoms with Crippen LogP contribution in [0.5, 0.6) is 0 Å². The molecule has 0 aliphatic heterocycles. The second kappa shape index (κ2) is 11.1.